The molecular weight excluding hydrogens is 230 g/mol. The van der Waals surface area contributed by atoms with Crippen LogP contribution in [-0.4, -0.2) is 10.8 Å². The fraction of sp³-hybridized carbons (Fsp3) is 0. The Balaban J connectivity index is 2.09. The van der Waals surface area contributed by atoms with E-state index in [2.05, 4.69) is 4.98 Å². The van der Waals surface area contributed by atoms with Crippen molar-refractivity contribution in [2.45, 2.75) is 0 Å². The summed E-state index contributed by atoms with van der Waals surface area (Å²) in [6.45, 7) is 0. The van der Waals surface area contributed by atoms with Crippen molar-refractivity contribution in [1.29, 1.82) is 0 Å². The predicted octanol–water partition coefficient (Wildman–Crippen LogP) is 2.35. The van der Waals surface area contributed by atoms with Crippen molar-refractivity contribution in [3.63, 3.8) is 0 Å². The van der Waals surface area contributed by atoms with Gasteiger partial charge < -0.3 is 4.42 Å². The van der Waals surface area contributed by atoms with Gasteiger partial charge in [0.15, 0.2) is 11.4 Å². The predicted molar refractivity (Wildman–Crippen MR) is 66.7 cm³/mol. The van der Waals surface area contributed by atoms with Crippen LogP contribution < -0.4 is 5.76 Å². The number of aromatic nitrogens is 1. The number of carbonyl (C=O) groups excluding carboxylic acids is 1. The lowest BCUT2D eigenvalue weighted by Crippen LogP contribution is -2.00. The zero-order valence-electron chi connectivity index (χ0n) is 9.34. The molecule has 0 bridgehead atoms. The molecule has 4 nitrogen and oxygen atoms in total. The van der Waals surface area contributed by atoms with Crippen LogP contribution in [-0.2, 0) is 0 Å². The number of hydrogen-bond donors (Lipinski definition) is 1. The van der Waals surface area contributed by atoms with Gasteiger partial charge in [-0.3, -0.25) is 9.78 Å². The van der Waals surface area contributed by atoms with Crippen LogP contribution in [0, 0.1) is 0 Å². The molecule has 0 aliphatic carbocycles. The first-order valence-corrected chi connectivity index (χ1v) is 5.47. The highest BCUT2D eigenvalue weighted by atomic mass is 16.4. The van der Waals surface area contributed by atoms with Gasteiger partial charge in [0, 0.05) is 11.1 Å². The number of rotatable bonds is 2. The van der Waals surface area contributed by atoms with E-state index < -0.39 is 5.76 Å². The van der Waals surface area contributed by atoms with E-state index in [1.807, 2.05) is 18.2 Å². The first-order valence-electron chi connectivity index (χ1n) is 5.47. The van der Waals surface area contributed by atoms with Crippen molar-refractivity contribution in [1.82, 2.24) is 4.98 Å². The Kier molecular flexibility index (Phi) is 2.34. The molecule has 0 unspecified atom stereocenters. The highest BCUT2D eigenvalue weighted by Crippen LogP contribution is 2.15. The molecule has 0 atom stereocenters. The molecule has 1 N–H and O–H groups in total. The molecule has 0 aliphatic rings. The molecule has 0 amide bonds. The highest BCUT2D eigenvalue weighted by molar-refractivity contribution is 6.10. The van der Waals surface area contributed by atoms with E-state index in [1.165, 1.54) is 0 Å². The summed E-state index contributed by atoms with van der Waals surface area (Å²) in [5.74, 6) is -0.615. The Bertz CT molecular complexity index is 768. The molecule has 0 fully saturated rings. The third-order valence-electron chi connectivity index (χ3n) is 2.72. The standard InChI is InChI=1S/C14H9NO3/c16-13(9-4-2-1-3-5-9)10-6-7-11-12(8-10)18-14(17)15-11/h1-8H,(H,15,17). The van der Waals surface area contributed by atoms with Crippen LogP contribution in [0.3, 0.4) is 0 Å². The van der Waals surface area contributed by atoms with Gasteiger partial charge in [-0.05, 0) is 18.2 Å². The smallest absolute Gasteiger partial charge is 0.408 e. The number of ketones is 1. The van der Waals surface area contributed by atoms with Gasteiger partial charge in [0.25, 0.3) is 0 Å². The quantitative estimate of drug-likeness (QED) is 0.698. The molecule has 18 heavy (non-hydrogen) atoms. The zero-order chi connectivity index (χ0) is 12.5. The Morgan fingerprint density at radius 1 is 1.00 bits per heavy atom. The molecule has 0 radical (unpaired) electrons. The summed E-state index contributed by atoms with van der Waals surface area (Å²) < 4.78 is 4.93. The molecule has 88 valence electrons. The van der Waals surface area contributed by atoms with Gasteiger partial charge in [0.2, 0.25) is 0 Å². The van der Waals surface area contributed by atoms with E-state index in [1.54, 1.807) is 30.3 Å². The van der Waals surface area contributed by atoms with Crippen LogP contribution in [0.2, 0.25) is 0 Å². The maximum atomic E-state index is 12.2. The number of carbonyl (C=O) groups is 1. The molecule has 1 heterocycles. The maximum Gasteiger partial charge on any atom is 0.417 e. The van der Waals surface area contributed by atoms with E-state index >= 15 is 0 Å². The Morgan fingerprint density at radius 2 is 1.78 bits per heavy atom. The first-order chi connectivity index (χ1) is 8.74. The summed E-state index contributed by atoms with van der Waals surface area (Å²) in [4.78, 5) is 25.7. The first kappa shape index (κ1) is 10.5. The van der Waals surface area contributed by atoms with Gasteiger partial charge in [-0.25, -0.2) is 4.79 Å². The van der Waals surface area contributed by atoms with Crippen molar-refractivity contribution in [3.8, 4) is 0 Å². The van der Waals surface area contributed by atoms with E-state index in [4.69, 9.17) is 4.42 Å². The van der Waals surface area contributed by atoms with Crippen LogP contribution in [0.5, 0.6) is 0 Å². The normalized spacial score (nSPS) is 10.7. The van der Waals surface area contributed by atoms with Crippen molar-refractivity contribution in [3.05, 3.63) is 70.2 Å². The number of H-pyrrole nitrogens is 1. The van der Waals surface area contributed by atoms with E-state index in [0.29, 0.717) is 22.2 Å². The lowest BCUT2D eigenvalue weighted by molar-refractivity contribution is 0.103. The maximum absolute atomic E-state index is 12.2. The summed E-state index contributed by atoms with van der Waals surface area (Å²) in [7, 11) is 0. The van der Waals surface area contributed by atoms with Gasteiger partial charge in [-0.2, -0.15) is 0 Å². The Labute approximate surface area is 102 Å². The molecule has 0 saturated carbocycles. The second-order valence-electron chi connectivity index (χ2n) is 3.92. The van der Waals surface area contributed by atoms with Crippen molar-refractivity contribution >= 4 is 16.9 Å². The third-order valence-corrected chi connectivity index (χ3v) is 2.72. The zero-order valence-corrected chi connectivity index (χ0v) is 9.34. The lowest BCUT2D eigenvalue weighted by Gasteiger charge is -2.00. The average molecular weight is 239 g/mol. The van der Waals surface area contributed by atoms with Crippen molar-refractivity contribution in [2.24, 2.45) is 0 Å². The molecule has 4 heteroatoms. The minimum Gasteiger partial charge on any atom is -0.408 e. The molecule has 0 saturated heterocycles. The minimum absolute atomic E-state index is 0.0960. The summed E-state index contributed by atoms with van der Waals surface area (Å²) in [5, 5.41) is 0. The summed E-state index contributed by atoms with van der Waals surface area (Å²) in [6.07, 6.45) is 0. The lowest BCUT2D eigenvalue weighted by atomic mass is 10.0. The molecule has 3 aromatic rings. The molecule has 0 aliphatic heterocycles. The van der Waals surface area contributed by atoms with E-state index in [-0.39, 0.29) is 5.78 Å². The molecule has 2 aromatic carbocycles. The highest BCUT2D eigenvalue weighted by Gasteiger charge is 2.10. The van der Waals surface area contributed by atoms with Gasteiger partial charge in [0.1, 0.15) is 0 Å². The van der Waals surface area contributed by atoms with Crippen LogP contribution in [0.25, 0.3) is 11.1 Å². The minimum atomic E-state index is -0.519. The number of benzene rings is 2. The molecule has 0 spiro atoms. The van der Waals surface area contributed by atoms with Crippen molar-refractivity contribution in [2.75, 3.05) is 0 Å². The summed E-state index contributed by atoms with van der Waals surface area (Å²) >= 11 is 0. The Hall–Kier alpha value is -2.62. The monoisotopic (exact) mass is 239 g/mol. The van der Waals surface area contributed by atoms with E-state index in [0.717, 1.165) is 0 Å². The number of fused-ring (bicyclic) bond motifs is 1. The average Bonchev–Trinajstić information content (AvgIpc) is 2.78. The van der Waals surface area contributed by atoms with Crippen LogP contribution in [0.4, 0.5) is 0 Å². The third kappa shape index (κ3) is 1.73. The van der Waals surface area contributed by atoms with Gasteiger partial charge >= 0.3 is 5.76 Å². The van der Waals surface area contributed by atoms with Gasteiger partial charge in [-0.1, -0.05) is 30.3 Å². The van der Waals surface area contributed by atoms with Gasteiger partial charge in [0.05, 0.1) is 5.52 Å². The fourth-order valence-corrected chi connectivity index (χ4v) is 1.84. The number of nitrogens with one attached hydrogen (secondary N) is 1. The van der Waals surface area contributed by atoms with Crippen LogP contribution in [0.1, 0.15) is 15.9 Å². The largest absolute Gasteiger partial charge is 0.417 e. The molecule has 1 aromatic heterocycles. The summed E-state index contributed by atoms with van der Waals surface area (Å²) in [6, 6.07) is 13.9. The second kappa shape index (κ2) is 4.00. The Morgan fingerprint density at radius 3 is 2.56 bits per heavy atom. The topological polar surface area (TPSA) is 63.1 Å². The van der Waals surface area contributed by atoms with Crippen molar-refractivity contribution < 1.29 is 9.21 Å². The summed E-state index contributed by atoms with van der Waals surface area (Å²) in [5.41, 5.74) is 2.08. The molecule has 3 rings (SSSR count). The van der Waals surface area contributed by atoms with Crippen LogP contribution >= 0.6 is 0 Å². The van der Waals surface area contributed by atoms with Crippen LogP contribution in [0.15, 0.2) is 57.7 Å². The number of hydrogen-bond acceptors (Lipinski definition) is 3. The molecular formula is C14H9NO3. The number of aromatic amines is 1. The number of oxazole rings is 1. The fourth-order valence-electron chi connectivity index (χ4n) is 1.84. The SMILES string of the molecule is O=C(c1ccccc1)c1ccc2[nH]c(=O)oc2c1. The van der Waals surface area contributed by atoms with E-state index in [9.17, 15) is 9.59 Å². The second-order valence-corrected chi connectivity index (χ2v) is 3.92. The van der Waals surface area contributed by atoms with Gasteiger partial charge in [-0.15, -0.1) is 0 Å².